The van der Waals surface area contributed by atoms with Crippen molar-refractivity contribution in [2.45, 2.75) is 32.7 Å². The van der Waals surface area contributed by atoms with E-state index in [1.54, 1.807) is 0 Å². The van der Waals surface area contributed by atoms with Gasteiger partial charge in [-0.3, -0.25) is 0 Å². The van der Waals surface area contributed by atoms with Crippen LogP contribution in [0.3, 0.4) is 0 Å². The SMILES string of the molecule is CCCCc1nnnn1CC(I)=C(I)I. The summed E-state index contributed by atoms with van der Waals surface area (Å²) in [5.41, 5.74) is 0. The van der Waals surface area contributed by atoms with Gasteiger partial charge in [-0.15, -0.1) is 5.10 Å². The number of aromatic nitrogens is 4. The number of allylic oxidation sites excluding steroid dienone is 1. The lowest BCUT2D eigenvalue weighted by Crippen LogP contribution is -2.06. The van der Waals surface area contributed by atoms with Crippen molar-refractivity contribution >= 4 is 67.8 Å². The van der Waals surface area contributed by atoms with E-state index in [0.29, 0.717) is 0 Å². The van der Waals surface area contributed by atoms with Gasteiger partial charge in [-0.05, 0) is 84.6 Å². The lowest BCUT2D eigenvalue weighted by atomic mass is 10.2. The quantitative estimate of drug-likeness (QED) is 0.534. The Balaban J connectivity index is 2.69. The van der Waals surface area contributed by atoms with Gasteiger partial charge in [0.2, 0.25) is 0 Å². The molecule has 1 heterocycles. The van der Waals surface area contributed by atoms with Crippen LogP contribution in [0.25, 0.3) is 0 Å². The molecule has 0 saturated carbocycles. The summed E-state index contributed by atoms with van der Waals surface area (Å²) in [5.74, 6) is 0.986. The molecule has 1 rings (SSSR count). The minimum absolute atomic E-state index is 0.786. The molecule has 0 amide bonds. The zero-order valence-corrected chi connectivity index (χ0v) is 14.7. The fourth-order valence-electron chi connectivity index (χ4n) is 1.05. The van der Waals surface area contributed by atoms with E-state index in [1.165, 1.54) is 11.6 Å². The molecule has 0 N–H and O–H groups in total. The Bertz CT molecular complexity index is 343. The molecule has 84 valence electrons. The van der Waals surface area contributed by atoms with Gasteiger partial charge < -0.3 is 0 Å². The van der Waals surface area contributed by atoms with Crippen LogP contribution in [-0.4, -0.2) is 20.2 Å². The molecule has 0 bridgehead atoms. The van der Waals surface area contributed by atoms with Gasteiger partial charge in [-0.2, -0.15) is 0 Å². The third-order valence-electron chi connectivity index (χ3n) is 1.85. The Labute approximate surface area is 130 Å². The molecular weight excluding hydrogens is 533 g/mol. The monoisotopic (exact) mass is 544 g/mol. The highest BCUT2D eigenvalue weighted by Gasteiger charge is 2.07. The number of aryl methyl sites for hydroxylation is 1. The molecule has 0 fully saturated rings. The normalized spacial score (nSPS) is 10.4. The van der Waals surface area contributed by atoms with E-state index in [9.17, 15) is 0 Å². The Morgan fingerprint density at radius 1 is 1.33 bits per heavy atom. The Hall–Kier alpha value is 1.000. The van der Waals surface area contributed by atoms with Crippen molar-refractivity contribution in [3.63, 3.8) is 0 Å². The van der Waals surface area contributed by atoms with E-state index in [1.807, 2.05) is 4.68 Å². The van der Waals surface area contributed by atoms with Gasteiger partial charge in [-0.1, -0.05) is 13.3 Å². The molecule has 15 heavy (non-hydrogen) atoms. The minimum atomic E-state index is 0.786. The molecule has 1 aromatic rings. The zero-order valence-electron chi connectivity index (χ0n) is 8.25. The second-order valence-electron chi connectivity index (χ2n) is 3.02. The first-order valence-corrected chi connectivity index (χ1v) is 7.83. The van der Waals surface area contributed by atoms with Gasteiger partial charge in [0, 0.05) is 10.0 Å². The first kappa shape index (κ1) is 14.1. The number of nitrogens with zero attached hydrogens (tertiary/aromatic N) is 4. The molecule has 0 aromatic carbocycles. The van der Waals surface area contributed by atoms with Gasteiger partial charge in [-0.25, -0.2) is 4.68 Å². The van der Waals surface area contributed by atoms with Crippen molar-refractivity contribution in [1.82, 2.24) is 20.2 Å². The van der Waals surface area contributed by atoms with Gasteiger partial charge in [0.15, 0.2) is 5.82 Å². The summed E-state index contributed by atoms with van der Waals surface area (Å²) in [4.78, 5) is 0. The number of hydrogen-bond donors (Lipinski definition) is 0. The predicted molar refractivity (Wildman–Crippen MR) is 85.5 cm³/mol. The average Bonchev–Trinajstić information content (AvgIpc) is 2.62. The molecule has 4 nitrogen and oxygen atoms in total. The second kappa shape index (κ2) is 7.35. The van der Waals surface area contributed by atoms with Crippen molar-refractivity contribution in [2.75, 3.05) is 0 Å². The van der Waals surface area contributed by atoms with Crippen LogP contribution in [0.1, 0.15) is 25.6 Å². The van der Waals surface area contributed by atoms with Gasteiger partial charge in [0.1, 0.15) is 0 Å². The fourth-order valence-corrected chi connectivity index (χ4v) is 1.72. The molecule has 0 radical (unpaired) electrons. The molecule has 0 spiro atoms. The Kier molecular flexibility index (Phi) is 6.89. The third kappa shape index (κ3) is 4.79. The number of hydrogen-bond acceptors (Lipinski definition) is 3. The Morgan fingerprint density at radius 2 is 2.07 bits per heavy atom. The molecule has 0 aliphatic carbocycles. The average molecular weight is 544 g/mol. The first-order chi connectivity index (χ1) is 7.15. The van der Waals surface area contributed by atoms with Crippen LogP contribution in [0.2, 0.25) is 0 Å². The number of unbranched alkanes of at least 4 members (excludes halogenated alkanes) is 1. The minimum Gasteiger partial charge on any atom is -0.225 e. The van der Waals surface area contributed by atoms with Crippen LogP contribution >= 0.6 is 67.8 Å². The van der Waals surface area contributed by atoms with Crippen molar-refractivity contribution in [1.29, 1.82) is 0 Å². The summed E-state index contributed by atoms with van der Waals surface area (Å²) < 4.78 is 4.43. The van der Waals surface area contributed by atoms with Crippen LogP contribution in [0.5, 0.6) is 0 Å². The summed E-state index contributed by atoms with van der Waals surface area (Å²) in [5, 5.41) is 11.8. The van der Waals surface area contributed by atoms with E-state index >= 15 is 0 Å². The van der Waals surface area contributed by atoms with Crippen LogP contribution in [0.15, 0.2) is 5.17 Å². The maximum Gasteiger partial charge on any atom is 0.151 e. The second-order valence-corrected chi connectivity index (χ2v) is 8.55. The van der Waals surface area contributed by atoms with Gasteiger partial charge in [0.25, 0.3) is 0 Å². The fraction of sp³-hybridized carbons (Fsp3) is 0.625. The van der Waals surface area contributed by atoms with E-state index < -0.39 is 0 Å². The smallest absolute Gasteiger partial charge is 0.151 e. The Morgan fingerprint density at radius 3 is 2.67 bits per heavy atom. The van der Waals surface area contributed by atoms with Gasteiger partial charge in [0.05, 0.1) is 8.13 Å². The molecule has 0 unspecified atom stereocenters. The van der Waals surface area contributed by atoms with Crippen molar-refractivity contribution < 1.29 is 0 Å². The van der Waals surface area contributed by atoms with Gasteiger partial charge >= 0.3 is 0 Å². The summed E-state index contributed by atoms with van der Waals surface area (Å²) >= 11 is 6.96. The van der Waals surface area contributed by atoms with E-state index in [-0.39, 0.29) is 0 Å². The molecule has 0 aliphatic rings. The predicted octanol–water partition coefficient (Wildman–Crippen LogP) is 3.49. The topological polar surface area (TPSA) is 43.6 Å². The van der Waals surface area contributed by atoms with Crippen LogP contribution in [0.4, 0.5) is 0 Å². The highest BCUT2D eigenvalue weighted by Crippen LogP contribution is 2.26. The van der Waals surface area contributed by atoms with Crippen LogP contribution < -0.4 is 0 Å². The number of tetrazole rings is 1. The lowest BCUT2D eigenvalue weighted by Gasteiger charge is -2.03. The third-order valence-corrected chi connectivity index (χ3v) is 6.10. The molecule has 0 saturated heterocycles. The molecular formula is C8H11I3N4. The molecule has 0 atom stereocenters. The van der Waals surface area contributed by atoms with Crippen molar-refractivity contribution in [2.24, 2.45) is 0 Å². The van der Waals surface area contributed by atoms with E-state index in [0.717, 1.165) is 25.2 Å². The highest BCUT2D eigenvalue weighted by molar-refractivity contribution is 14.2. The molecule has 7 heteroatoms. The summed E-state index contributed by atoms with van der Waals surface area (Å²) in [6.45, 7) is 2.96. The largest absolute Gasteiger partial charge is 0.225 e. The zero-order chi connectivity index (χ0) is 11.3. The van der Waals surface area contributed by atoms with Crippen LogP contribution in [-0.2, 0) is 13.0 Å². The first-order valence-electron chi connectivity index (χ1n) is 4.59. The maximum atomic E-state index is 4.04. The van der Waals surface area contributed by atoms with Crippen LogP contribution in [0, 0.1) is 0 Å². The van der Waals surface area contributed by atoms with Crippen molar-refractivity contribution in [3.05, 3.63) is 11.0 Å². The number of halogens is 3. The summed E-state index contributed by atoms with van der Waals surface area (Å²) in [7, 11) is 0. The molecule has 1 aromatic heterocycles. The summed E-state index contributed by atoms with van der Waals surface area (Å²) in [6, 6.07) is 0. The van der Waals surface area contributed by atoms with E-state index in [4.69, 9.17) is 0 Å². The standard InChI is InChI=1S/C8H11I3N4/c1-2-3-4-7-12-13-14-15(7)5-6(9)8(10)11/h2-5H2,1H3. The number of rotatable bonds is 5. The van der Waals surface area contributed by atoms with E-state index in [2.05, 4.69) is 90.2 Å². The summed E-state index contributed by atoms with van der Waals surface area (Å²) in [6.07, 6.45) is 3.27. The maximum absolute atomic E-state index is 4.04. The highest BCUT2D eigenvalue weighted by atomic mass is 127. The lowest BCUT2D eigenvalue weighted by molar-refractivity contribution is 0.613. The van der Waals surface area contributed by atoms with Crippen molar-refractivity contribution in [3.8, 4) is 0 Å². The molecule has 0 aliphatic heterocycles.